The highest BCUT2D eigenvalue weighted by Gasteiger charge is 2.27. The standard InChI is InChI=1S/C11H15F2N3O3S/c1-6(2)10(11(14)15-17)16-20(18,19)9-4-3-7(12)5-8(9)13/h3-6,10,16-17H,1-2H3,(H2,14,15). The maximum atomic E-state index is 13.5. The zero-order chi connectivity index (χ0) is 15.5. The maximum absolute atomic E-state index is 13.5. The van der Waals surface area contributed by atoms with Gasteiger partial charge in [0.2, 0.25) is 10.0 Å². The molecule has 0 aliphatic heterocycles. The molecule has 0 heterocycles. The van der Waals surface area contributed by atoms with Gasteiger partial charge in [-0.3, -0.25) is 0 Å². The Labute approximate surface area is 115 Å². The molecule has 0 amide bonds. The van der Waals surface area contributed by atoms with E-state index in [2.05, 4.69) is 9.88 Å². The Morgan fingerprint density at radius 1 is 1.40 bits per heavy atom. The number of nitrogens with one attached hydrogen (secondary N) is 1. The van der Waals surface area contributed by atoms with Crippen molar-refractivity contribution in [1.82, 2.24) is 4.72 Å². The van der Waals surface area contributed by atoms with E-state index in [0.29, 0.717) is 6.07 Å². The first kappa shape index (κ1) is 16.3. The third-order valence-electron chi connectivity index (χ3n) is 2.57. The number of halogens is 2. The summed E-state index contributed by atoms with van der Waals surface area (Å²) in [5.74, 6) is -2.81. The van der Waals surface area contributed by atoms with Crippen LogP contribution in [0.2, 0.25) is 0 Å². The van der Waals surface area contributed by atoms with E-state index in [1.165, 1.54) is 0 Å². The lowest BCUT2D eigenvalue weighted by Crippen LogP contribution is -2.47. The number of amidine groups is 1. The zero-order valence-electron chi connectivity index (χ0n) is 10.8. The molecule has 4 N–H and O–H groups in total. The Morgan fingerprint density at radius 2 is 2.00 bits per heavy atom. The van der Waals surface area contributed by atoms with Gasteiger partial charge in [-0.2, -0.15) is 0 Å². The third kappa shape index (κ3) is 3.64. The molecule has 9 heteroatoms. The predicted molar refractivity (Wildman–Crippen MR) is 68.7 cm³/mol. The summed E-state index contributed by atoms with van der Waals surface area (Å²) in [7, 11) is -4.27. The minimum Gasteiger partial charge on any atom is -0.409 e. The number of rotatable bonds is 5. The third-order valence-corrected chi connectivity index (χ3v) is 4.04. The van der Waals surface area contributed by atoms with Crippen LogP contribution in [0.15, 0.2) is 28.3 Å². The van der Waals surface area contributed by atoms with E-state index in [-0.39, 0.29) is 11.8 Å². The smallest absolute Gasteiger partial charge is 0.244 e. The molecule has 0 bridgehead atoms. The van der Waals surface area contributed by atoms with Gasteiger partial charge in [-0.1, -0.05) is 19.0 Å². The molecule has 0 saturated carbocycles. The van der Waals surface area contributed by atoms with Crippen LogP contribution in [0, 0.1) is 17.6 Å². The predicted octanol–water partition coefficient (Wildman–Crippen LogP) is 1.01. The van der Waals surface area contributed by atoms with E-state index < -0.39 is 32.6 Å². The van der Waals surface area contributed by atoms with E-state index in [0.717, 1.165) is 12.1 Å². The highest BCUT2D eigenvalue weighted by molar-refractivity contribution is 7.89. The maximum Gasteiger partial charge on any atom is 0.244 e. The monoisotopic (exact) mass is 307 g/mol. The van der Waals surface area contributed by atoms with Crippen molar-refractivity contribution in [3.63, 3.8) is 0 Å². The van der Waals surface area contributed by atoms with Crippen LogP contribution in [0.25, 0.3) is 0 Å². The second kappa shape index (κ2) is 6.14. The fourth-order valence-electron chi connectivity index (χ4n) is 1.52. The first-order valence-corrected chi connectivity index (χ1v) is 7.12. The van der Waals surface area contributed by atoms with Gasteiger partial charge >= 0.3 is 0 Å². The van der Waals surface area contributed by atoms with Gasteiger partial charge in [0.25, 0.3) is 0 Å². The molecule has 1 unspecified atom stereocenters. The summed E-state index contributed by atoms with van der Waals surface area (Å²) in [6.45, 7) is 3.26. The van der Waals surface area contributed by atoms with E-state index in [1.54, 1.807) is 13.8 Å². The summed E-state index contributed by atoms with van der Waals surface area (Å²) in [6, 6.07) is 1.07. The quantitative estimate of drug-likeness (QED) is 0.327. The van der Waals surface area contributed by atoms with Crippen molar-refractivity contribution < 1.29 is 22.4 Å². The number of benzene rings is 1. The van der Waals surface area contributed by atoms with Crippen LogP contribution in [-0.4, -0.2) is 25.5 Å². The molecule has 20 heavy (non-hydrogen) atoms. The fourth-order valence-corrected chi connectivity index (χ4v) is 2.94. The summed E-state index contributed by atoms with van der Waals surface area (Å²) in [4.78, 5) is -0.713. The van der Waals surface area contributed by atoms with Gasteiger partial charge in [0, 0.05) is 6.07 Å². The molecule has 0 spiro atoms. The number of oxime groups is 1. The molecule has 0 aliphatic carbocycles. The lowest BCUT2D eigenvalue weighted by molar-refractivity contribution is 0.313. The number of hydrogen-bond donors (Lipinski definition) is 3. The summed E-state index contributed by atoms with van der Waals surface area (Å²) in [5, 5.41) is 11.4. The molecule has 0 aromatic heterocycles. The molecule has 0 fully saturated rings. The largest absolute Gasteiger partial charge is 0.409 e. The lowest BCUT2D eigenvalue weighted by atomic mass is 10.1. The highest BCUT2D eigenvalue weighted by atomic mass is 32.2. The molecule has 1 rings (SSSR count). The van der Waals surface area contributed by atoms with Crippen LogP contribution in [0.4, 0.5) is 8.78 Å². The first-order chi connectivity index (χ1) is 9.19. The van der Waals surface area contributed by atoms with Crippen molar-refractivity contribution in [3.05, 3.63) is 29.8 Å². The minimum atomic E-state index is -4.27. The van der Waals surface area contributed by atoms with Gasteiger partial charge in [-0.25, -0.2) is 21.9 Å². The normalized spacial score (nSPS) is 14.6. The van der Waals surface area contributed by atoms with Crippen LogP contribution < -0.4 is 10.5 Å². The molecule has 112 valence electrons. The number of hydrogen-bond acceptors (Lipinski definition) is 4. The van der Waals surface area contributed by atoms with Gasteiger partial charge in [0.1, 0.15) is 16.5 Å². The molecule has 0 saturated heterocycles. The topological polar surface area (TPSA) is 105 Å². The number of nitrogens with two attached hydrogens (primary N) is 1. The first-order valence-electron chi connectivity index (χ1n) is 5.64. The molecular formula is C11H15F2N3O3S. The molecule has 1 aromatic rings. The second-order valence-corrected chi connectivity index (χ2v) is 6.12. The van der Waals surface area contributed by atoms with Gasteiger partial charge < -0.3 is 10.9 Å². The summed E-state index contributed by atoms with van der Waals surface area (Å²) in [5.41, 5.74) is 5.38. The van der Waals surface area contributed by atoms with E-state index in [4.69, 9.17) is 10.9 Å². The Kier molecular flexibility index (Phi) is 5.01. The summed E-state index contributed by atoms with van der Waals surface area (Å²) >= 11 is 0. The van der Waals surface area contributed by atoms with Crippen LogP contribution in [0.5, 0.6) is 0 Å². The summed E-state index contributed by atoms with van der Waals surface area (Å²) < 4.78 is 52.5. The van der Waals surface area contributed by atoms with Crippen LogP contribution in [-0.2, 0) is 10.0 Å². The molecule has 6 nitrogen and oxygen atoms in total. The average molecular weight is 307 g/mol. The molecule has 0 radical (unpaired) electrons. The Balaban J connectivity index is 3.16. The van der Waals surface area contributed by atoms with Crippen molar-refractivity contribution in [2.75, 3.05) is 0 Å². The van der Waals surface area contributed by atoms with Gasteiger partial charge in [-0.05, 0) is 18.1 Å². The van der Waals surface area contributed by atoms with Crippen LogP contribution >= 0.6 is 0 Å². The Hall–Kier alpha value is -1.74. The average Bonchev–Trinajstić information content (AvgIpc) is 2.34. The van der Waals surface area contributed by atoms with E-state index >= 15 is 0 Å². The van der Waals surface area contributed by atoms with Gasteiger partial charge in [0.05, 0.1) is 6.04 Å². The zero-order valence-corrected chi connectivity index (χ0v) is 11.7. The van der Waals surface area contributed by atoms with Crippen molar-refractivity contribution in [1.29, 1.82) is 0 Å². The summed E-state index contributed by atoms with van der Waals surface area (Å²) in [6.07, 6.45) is 0. The molecule has 1 aromatic carbocycles. The van der Waals surface area contributed by atoms with Crippen LogP contribution in [0.3, 0.4) is 0 Å². The van der Waals surface area contributed by atoms with Gasteiger partial charge in [0.15, 0.2) is 5.84 Å². The Bertz CT molecular complexity index is 617. The van der Waals surface area contributed by atoms with E-state index in [1.807, 2.05) is 0 Å². The molecular weight excluding hydrogens is 292 g/mol. The van der Waals surface area contributed by atoms with Crippen LogP contribution in [0.1, 0.15) is 13.8 Å². The number of sulfonamides is 1. The van der Waals surface area contributed by atoms with Crippen molar-refractivity contribution in [2.45, 2.75) is 24.8 Å². The van der Waals surface area contributed by atoms with Crippen molar-refractivity contribution in [2.24, 2.45) is 16.8 Å². The number of nitrogens with zero attached hydrogens (tertiary/aromatic N) is 1. The van der Waals surface area contributed by atoms with Gasteiger partial charge in [-0.15, -0.1) is 0 Å². The fraction of sp³-hybridized carbons (Fsp3) is 0.364. The van der Waals surface area contributed by atoms with E-state index in [9.17, 15) is 17.2 Å². The Morgan fingerprint density at radius 3 is 2.45 bits per heavy atom. The van der Waals surface area contributed by atoms with Crippen molar-refractivity contribution >= 4 is 15.9 Å². The highest BCUT2D eigenvalue weighted by Crippen LogP contribution is 2.17. The SMILES string of the molecule is CC(C)C(NS(=O)(=O)c1ccc(F)cc1F)C(N)=NO. The molecule has 1 atom stereocenters. The lowest BCUT2D eigenvalue weighted by Gasteiger charge is -2.20. The molecule has 0 aliphatic rings. The van der Waals surface area contributed by atoms with Crippen molar-refractivity contribution in [3.8, 4) is 0 Å². The minimum absolute atomic E-state index is 0.343. The second-order valence-electron chi connectivity index (χ2n) is 4.44.